The minimum absolute atomic E-state index is 0.0332. The molecule has 1 amide bonds. The van der Waals surface area contributed by atoms with Crippen molar-refractivity contribution < 1.29 is 9.90 Å². The highest BCUT2D eigenvalue weighted by Gasteiger charge is 2.39. The largest absolute Gasteiger partial charge is 0.392 e. The fourth-order valence-electron chi connectivity index (χ4n) is 2.95. The highest BCUT2D eigenvalue weighted by molar-refractivity contribution is 5.83. The first-order chi connectivity index (χ1) is 9.70. The first-order valence-corrected chi connectivity index (χ1v) is 7.38. The van der Waals surface area contributed by atoms with Gasteiger partial charge in [0.05, 0.1) is 12.0 Å². The molecule has 2 rings (SSSR count). The number of carbonyl (C=O) groups excluding carboxylic acids is 1. The molecule has 3 N–H and O–H groups in total. The SMILES string of the molecule is CCCC1(C(=O)NCc2cccc(CO)c2)CCNC1. The standard InChI is InChI=1S/C16H24N2O2/c1-2-6-16(7-8-17-12-16)15(20)18-10-13-4-3-5-14(9-13)11-19/h3-5,9,17,19H,2,6-8,10-12H2,1H3,(H,18,20). The third-order valence-electron chi connectivity index (χ3n) is 4.08. The van der Waals surface area contributed by atoms with E-state index >= 15 is 0 Å². The van der Waals surface area contributed by atoms with Crippen LogP contribution in [0.1, 0.15) is 37.3 Å². The second-order valence-corrected chi connectivity index (χ2v) is 5.62. The number of rotatable bonds is 6. The Morgan fingerprint density at radius 2 is 2.25 bits per heavy atom. The average molecular weight is 276 g/mol. The Morgan fingerprint density at radius 3 is 2.90 bits per heavy atom. The Hall–Kier alpha value is -1.39. The first-order valence-electron chi connectivity index (χ1n) is 7.38. The maximum absolute atomic E-state index is 12.5. The first kappa shape index (κ1) is 15.0. The number of hydrogen-bond acceptors (Lipinski definition) is 3. The van der Waals surface area contributed by atoms with E-state index in [0.717, 1.165) is 43.5 Å². The maximum Gasteiger partial charge on any atom is 0.227 e. The van der Waals surface area contributed by atoms with Gasteiger partial charge in [0.1, 0.15) is 0 Å². The summed E-state index contributed by atoms with van der Waals surface area (Å²) >= 11 is 0. The van der Waals surface area contributed by atoms with E-state index in [1.165, 1.54) is 0 Å². The van der Waals surface area contributed by atoms with E-state index in [0.29, 0.717) is 6.54 Å². The van der Waals surface area contributed by atoms with Gasteiger partial charge in [-0.15, -0.1) is 0 Å². The molecule has 4 nitrogen and oxygen atoms in total. The van der Waals surface area contributed by atoms with Crippen molar-refractivity contribution in [3.05, 3.63) is 35.4 Å². The third-order valence-corrected chi connectivity index (χ3v) is 4.08. The van der Waals surface area contributed by atoms with Gasteiger partial charge in [-0.05, 0) is 30.5 Å². The van der Waals surface area contributed by atoms with Crippen LogP contribution in [-0.2, 0) is 17.9 Å². The lowest BCUT2D eigenvalue weighted by molar-refractivity contribution is -0.130. The molecular weight excluding hydrogens is 252 g/mol. The van der Waals surface area contributed by atoms with Crippen LogP contribution in [0.15, 0.2) is 24.3 Å². The van der Waals surface area contributed by atoms with Crippen molar-refractivity contribution >= 4 is 5.91 Å². The van der Waals surface area contributed by atoms with Gasteiger partial charge in [-0.1, -0.05) is 37.6 Å². The van der Waals surface area contributed by atoms with Crippen molar-refractivity contribution in [3.63, 3.8) is 0 Å². The van der Waals surface area contributed by atoms with Gasteiger partial charge in [0.2, 0.25) is 5.91 Å². The molecule has 0 bridgehead atoms. The molecule has 1 fully saturated rings. The molecule has 1 heterocycles. The van der Waals surface area contributed by atoms with Gasteiger partial charge < -0.3 is 15.7 Å². The highest BCUT2D eigenvalue weighted by atomic mass is 16.3. The second kappa shape index (κ2) is 6.86. The van der Waals surface area contributed by atoms with E-state index < -0.39 is 0 Å². The molecule has 0 aromatic heterocycles. The summed E-state index contributed by atoms with van der Waals surface area (Å²) in [5, 5.41) is 15.5. The summed E-state index contributed by atoms with van der Waals surface area (Å²) < 4.78 is 0. The van der Waals surface area contributed by atoms with Crippen molar-refractivity contribution in [3.8, 4) is 0 Å². The monoisotopic (exact) mass is 276 g/mol. The van der Waals surface area contributed by atoms with Crippen LogP contribution in [0.3, 0.4) is 0 Å². The molecule has 1 saturated heterocycles. The number of aliphatic hydroxyl groups is 1. The zero-order valence-electron chi connectivity index (χ0n) is 12.1. The summed E-state index contributed by atoms with van der Waals surface area (Å²) in [5.41, 5.74) is 1.67. The number of hydrogen-bond donors (Lipinski definition) is 3. The van der Waals surface area contributed by atoms with Gasteiger partial charge in [-0.25, -0.2) is 0 Å². The number of amides is 1. The summed E-state index contributed by atoms with van der Waals surface area (Å²) in [4.78, 5) is 12.5. The van der Waals surface area contributed by atoms with Gasteiger partial charge >= 0.3 is 0 Å². The Balaban J connectivity index is 1.96. The zero-order chi connectivity index (χ0) is 14.4. The molecule has 110 valence electrons. The van der Waals surface area contributed by atoms with E-state index in [9.17, 15) is 4.79 Å². The molecule has 0 saturated carbocycles. The normalized spacial score (nSPS) is 21.9. The van der Waals surface area contributed by atoms with E-state index in [1.807, 2.05) is 24.3 Å². The summed E-state index contributed by atoms with van der Waals surface area (Å²) in [6.07, 6.45) is 2.88. The van der Waals surface area contributed by atoms with Gasteiger partial charge in [0.15, 0.2) is 0 Å². The number of carbonyl (C=O) groups is 1. The van der Waals surface area contributed by atoms with Crippen molar-refractivity contribution in [2.24, 2.45) is 5.41 Å². The predicted octanol–water partition coefficient (Wildman–Crippen LogP) is 1.57. The van der Waals surface area contributed by atoms with Crippen LogP contribution < -0.4 is 10.6 Å². The van der Waals surface area contributed by atoms with Crippen LogP contribution in [0, 0.1) is 5.41 Å². The Labute approximate surface area is 120 Å². The Bertz CT molecular complexity index is 454. The van der Waals surface area contributed by atoms with Crippen LogP contribution >= 0.6 is 0 Å². The number of nitrogens with one attached hydrogen (secondary N) is 2. The van der Waals surface area contributed by atoms with E-state index in [1.54, 1.807) is 0 Å². The average Bonchev–Trinajstić information content (AvgIpc) is 2.95. The van der Waals surface area contributed by atoms with Crippen molar-refractivity contribution in [2.75, 3.05) is 13.1 Å². The molecule has 0 radical (unpaired) electrons. The molecule has 1 aliphatic heterocycles. The van der Waals surface area contributed by atoms with Crippen LogP contribution in [0.5, 0.6) is 0 Å². The molecule has 1 aliphatic rings. The number of aliphatic hydroxyl groups excluding tert-OH is 1. The quantitative estimate of drug-likeness (QED) is 0.739. The van der Waals surface area contributed by atoms with Gasteiger partial charge in [0.25, 0.3) is 0 Å². The lowest BCUT2D eigenvalue weighted by atomic mass is 9.81. The summed E-state index contributed by atoms with van der Waals surface area (Å²) in [5.74, 6) is 0.152. The topological polar surface area (TPSA) is 61.4 Å². The fraction of sp³-hybridized carbons (Fsp3) is 0.562. The molecular formula is C16H24N2O2. The minimum Gasteiger partial charge on any atom is -0.392 e. The highest BCUT2D eigenvalue weighted by Crippen LogP contribution is 2.31. The van der Waals surface area contributed by atoms with Gasteiger partial charge in [0, 0.05) is 13.1 Å². The molecule has 0 spiro atoms. The van der Waals surface area contributed by atoms with Crippen molar-refractivity contribution in [1.82, 2.24) is 10.6 Å². The van der Waals surface area contributed by atoms with E-state index in [-0.39, 0.29) is 17.9 Å². The molecule has 1 aromatic carbocycles. The number of benzene rings is 1. The predicted molar refractivity (Wildman–Crippen MR) is 79.0 cm³/mol. The second-order valence-electron chi connectivity index (χ2n) is 5.62. The van der Waals surface area contributed by atoms with E-state index in [2.05, 4.69) is 17.6 Å². The third kappa shape index (κ3) is 3.38. The van der Waals surface area contributed by atoms with Crippen LogP contribution in [0.25, 0.3) is 0 Å². The Kier molecular flexibility index (Phi) is 5.15. The molecule has 4 heteroatoms. The minimum atomic E-state index is -0.233. The zero-order valence-corrected chi connectivity index (χ0v) is 12.1. The molecule has 1 atom stereocenters. The van der Waals surface area contributed by atoms with E-state index in [4.69, 9.17) is 5.11 Å². The molecule has 1 aromatic rings. The summed E-state index contributed by atoms with van der Waals surface area (Å²) in [6, 6.07) is 7.69. The van der Waals surface area contributed by atoms with Crippen LogP contribution in [-0.4, -0.2) is 24.1 Å². The summed E-state index contributed by atoms with van der Waals surface area (Å²) in [6.45, 7) is 4.39. The Morgan fingerprint density at radius 1 is 1.45 bits per heavy atom. The molecule has 1 unspecified atom stereocenters. The van der Waals surface area contributed by atoms with Crippen molar-refractivity contribution in [2.45, 2.75) is 39.3 Å². The molecule has 0 aliphatic carbocycles. The summed E-state index contributed by atoms with van der Waals surface area (Å²) in [7, 11) is 0. The smallest absolute Gasteiger partial charge is 0.227 e. The van der Waals surface area contributed by atoms with Gasteiger partial charge in [-0.3, -0.25) is 4.79 Å². The lowest BCUT2D eigenvalue weighted by Gasteiger charge is -2.26. The van der Waals surface area contributed by atoms with Gasteiger partial charge in [-0.2, -0.15) is 0 Å². The van der Waals surface area contributed by atoms with Crippen LogP contribution in [0.2, 0.25) is 0 Å². The molecule has 20 heavy (non-hydrogen) atoms. The van der Waals surface area contributed by atoms with Crippen LogP contribution in [0.4, 0.5) is 0 Å². The fourth-order valence-corrected chi connectivity index (χ4v) is 2.95. The lowest BCUT2D eigenvalue weighted by Crippen LogP contribution is -2.42. The van der Waals surface area contributed by atoms with Crippen molar-refractivity contribution in [1.29, 1.82) is 0 Å². The maximum atomic E-state index is 12.5.